The highest BCUT2D eigenvalue weighted by molar-refractivity contribution is 7.15. The van der Waals surface area contributed by atoms with Gasteiger partial charge in [-0.05, 0) is 86.8 Å². The zero-order valence-corrected chi connectivity index (χ0v) is 28.7. The number of carboxylic acid groups (broad SMARTS) is 1. The summed E-state index contributed by atoms with van der Waals surface area (Å²) in [5.74, 6) is 1.97. The number of nitrogens with one attached hydrogen (secondary N) is 2. The minimum absolute atomic E-state index is 0.0397. The molecule has 11 nitrogen and oxygen atoms in total. The van der Waals surface area contributed by atoms with E-state index in [-0.39, 0.29) is 25.5 Å². The zero-order chi connectivity index (χ0) is 34.2. The largest absolute Gasteiger partial charge is 0.481 e. The minimum Gasteiger partial charge on any atom is -0.481 e. The van der Waals surface area contributed by atoms with E-state index in [1.165, 1.54) is 11.3 Å². The number of rotatable bonds is 11. The van der Waals surface area contributed by atoms with Crippen LogP contribution in [0.15, 0.2) is 66.9 Å². The number of aromatic nitrogens is 1. The zero-order valence-electron chi connectivity index (χ0n) is 27.2. The number of carbonyl (C=O) groups excluding carboxylic acids is 1. The third kappa shape index (κ3) is 6.78. The summed E-state index contributed by atoms with van der Waals surface area (Å²) in [5, 5.41) is 17.1. The molecule has 4 aromatic rings. The Hall–Kier alpha value is -4.36. The maximum Gasteiger partial charge on any atom is 0.314 e. The smallest absolute Gasteiger partial charge is 0.314 e. The first-order valence-corrected chi connectivity index (χ1v) is 17.3. The molecule has 2 fully saturated rings. The normalized spacial score (nSPS) is 17.6. The van der Waals surface area contributed by atoms with Crippen molar-refractivity contribution in [2.75, 3.05) is 46.1 Å². The molecule has 2 saturated carbocycles. The van der Waals surface area contributed by atoms with Crippen molar-refractivity contribution in [3.05, 3.63) is 93.5 Å². The van der Waals surface area contributed by atoms with Crippen LogP contribution >= 0.6 is 22.9 Å². The molecular weight excluding hydrogens is 668 g/mol. The number of carbonyl (C=O) groups is 2. The summed E-state index contributed by atoms with van der Waals surface area (Å²) in [6, 6.07) is 18.8. The third-order valence-electron chi connectivity index (χ3n) is 9.35. The SMILES string of the molecule is CN(C)CCNC(c1cnc(NC(=O)C2(c3ccc4c(c3)OCO4)CC2)s1)c1ccccc1Cl.O=C(O)C1(c2ccc3c(c2)OCO3)CC1. The number of amides is 1. The van der Waals surface area contributed by atoms with Gasteiger partial charge in [-0.15, -0.1) is 0 Å². The van der Waals surface area contributed by atoms with Crippen molar-refractivity contribution in [3.8, 4) is 23.0 Å². The lowest BCUT2D eigenvalue weighted by Gasteiger charge is -2.20. The van der Waals surface area contributed by atoms with E-state index in [0.29, 0.717) is 40.2 Å². The second-order valence-electron chi connectivity index (χ2n) is 12.8. The molecule has 1 atom stereocenters. The number of carboxylic acids is 1. The van der Waals surface area contributed by atoms with Crippen LogP contribution in [0.5, 0.6) is 23.0 Å². The maximum atomic E-state index is 13.3. The van der Waals surface area contributed by atoms with Crippen molar-refractivity contribution in [2.45, 2.75) is 42.6 Å². The molecule has 3 heterocycles. The highest BCUT2D eigenvalue weighted by Gasteiger charge is 2.53. The fourth-order valence-electron chi connectivity index (χ4n) is 6.11. The van der Waals surface area contributed by atoms with Crippen LogP contribution in [0.1, 0.15) is 53.3 Å². The van der Waals surface area contributed by atoms with Gasteiger partial charge >= 0.3 is 5.97 Å². The summed E-state index contributed by atoms with van der Waals surface area (Å²) in [4.78, 5) is 32.0. The molecule has 2 aliphatic carbocycles. The summed E-state index contributed by atoms with van der Waals surface area (Å²) in [7, 11) is 4.08. The van der Waals surface area contributed by atoms with Crippen molar-refractivity contribution in [3.63, 3.8) is 0 Å². The van der Waals surface area contributed by atoms with Gasteiger partial charge in [0.1, 0.15) is 0 Å². The van der Waals surface area contributed by atoms with Crippen LogP contribution < -0.4 is 29.6 Å². The van der Waals surface area contributed by atoms with Crippen molar-refractivity contribution >= 4 is 39.9 Å². The molecule has 1 amide bonds. The van der Waals surface area contributed by atoms with E-state index in [1.807, 2.05) is 68.8 Å². The Balaban J connectivity index is 0.000000209. The standard InChI is InChI=1S/C25H27ClN4O3S.C11H10O4/c1-30(2)12-11-27-22(17-5-3-4-6-18(17)26)21-14-28-24(34-21)29-23(31)25(9-10-25)16-7-8-19-20(13-16)33-15-32-19;12-10(13)11(3-4-11)7-1-2-8-9(5-7)15-6-14-8/h3-8,13-14,22,27H,9-12,15H2,1-2H3,(H,28,29,31);1-2,5H,3-4,6H2,(H,12,13). The molecule has 0 spiro atoms. The Bertz CT molecular complexity index is 1870. The van der Waals surface area contributed by atoms with Gasteiger partial charge in [0, 0.05) is 29.2 Å². The number of thiazole rings is 1. The monoisotopic (exact) mass is 704 g/mol. The molecule has 49 heavy (non-hydrogen) atoms. The first-order chi connectivity index (χ1) is 23.7. The molecule has 2 aliphatic heterocycles. The average Bonchev–Trinajstić information content (AvgIpc) is 3.91. The van der Waals surface area contributed by atoms with Gasteiger partial charge in [0.15, 0.2) is 28.1 Å². The van der Waals surface area contributed by atoms with E-state index in [4.69, 9.17) is 35.7 Å². The van der Waals surface area contributed by atoms with Crippen LogP contribution in [0.3, 0.4) is 0 Å². The van der Waals surface area contributed by atoms with Gasteiger partial charge in [-0.25, -0.2) is 4.98 Å². The number of halogens is 1. The summed E-state index contributed by atoms with van der Waals surface area (Å²) >= 11 is 7.99. The Morgan fingerprint density at radius 1 is 0.898 bits per heavy atom. The number of hydrogen-bond acceptors (Lipinski definition) is 10. The first-order valence-electron chi connectivity index (χ1n) is 16.1. The Morgan fingerprint density at radius 2 is 1.49 bits per heavy atom. The summed E-state index contributed by atoms with van der Waals surface area (Å²) < 4.78 is 21.3. The molecule has 4 aliphatic rings. The van der Waals surface area contributed by atoms with Crippen LogP contribution in [0.2, 0.25) is 5.02 Å². The molecule has 256 valence electrons. The minimum atomic E-state index is -0.749. The van der Waals surface area contributed by atoms with E-state index >= 15 is 0 Å². The summed E-state index contributed by atoms with van der Waals surface area (Å²) in [5.41, 5.74) is 1.55. The van der Waals surface area contributed by atoms with Gasteiger partial charge in [-0.3, -0.25) is 9.59 Å². The molecular formula is C36H37ClN4O7S. The lowest BCUT2D eigenvalue weighted by molar-refractivity contribution is -0.140. The van der Waals surface area contributed by atoms with Crippen molar-refractivity contribution < 1.29 is 33.6 Å². The number of ether oxygens (including phenoxy) is 4. The van der Waals surface area contributed by atoms with E-state index in [2.05, 4.69) is 20.5 Å². The predicted octanol–water partition coefficient (Wildman–Crippen LogP) is 5.97. The molecule has 1 aromatic heterocycles. The molecule has 0 bridgehead atoms. The quantitative estimate of drug-likeness (QED) is 0.172. The Kier molecular flexibility index (Phi) is 9.14. The van der Waals surface area contributed by atoms with Gasteiger partial charge in [-0.2, -0.15) is 0 Å². The maximum absolute atomic E-state index is 13.3. The second-order valence-corrected chi connectivity index (χ2v) is 14.3. The molecule has 8 rings (SSSR count). The highest BCUT2D eigenvalue weighted by Crippen LogP contribution is 2.52. The number of anilines is 1. The average molecular weight is 705 g/mol. The molecule has 13 heteroatoms. The van der Waals surface area contributed by atoms with Crippen LogP contribution in [0, 0.1) is 0 Å². The molecule has 1 unspecified atom stereocenters. The number of benzene rings is 3. The molecule has 3 aromatic carbocycles. The number of nitrogens with zero attached hydrogens (tertiary/aromatic N) is 2. The van der Waals surface area contributed by atoms with E-state index in [9.17, 15) is 9.59 Å². The summed E-state index contributed by atoms with van der Waals surface area (Å²) in [6.07, 6.45) is 4.83. The fourth-order valence-corrected chi connectivity index (χ4v) is 7.26. The number of likely N-dealkylation sites (N-methyl/N-ethyl adjacent to an activating group) is 1. The van der Waals surface area contributed by atoms with Crippen LogP contribution in [0.25, 0.3) is 0 Å². The van der Waals surface area contributed by atoms with Crippen LogP contribution in [-0.2, 0) is 20.4 Å². The first kappa shape index (κ1) is 33.2. The Labute approximate surface area is 293 Å². The molecule has 0 saturated heterocycles. The Morgan fingerprint density at radius 3 is 2.06 bits per heavy atom. The van der Waals surface area contributed by atoms with E-state index < -0.39 is 16.8 Å². The number of aliphatic carboxylic acids is 1. The van der Waals surface area contributed by atoms with Crippen LogP contribution in [-0.4, -0.2) is 67.6 Å². The lowest BCUT2D eigenvalue weighted by Crippen LogP contribution is -2.30. The van der Waals surface area contributed by atoms with Crippen molar-refractivity contribution in [1.82, 2.24) is 15.2 Å². The highest BCUT2D eigenvalue weighted by atomic mass is 35.5. The van der Waals surface area contributed by atoms with Gasteiger partial charge in [0.2, 0.25) is 19.5 Å². The lowest BCUT2D eigenvalue weighted by atomic mass is 9.94. The van der Waals surface area contributed by atoms with Gasteiger partial charge in [-0.1, -0.05) is 53.3 Å². The number of hydrogen-bond donors (Lipinski definition) is 3. The summed E-state index contributed by atoms with van der Waals surface area (Å²) in [6.45, 7) is 2.12. The van der Waals surface area contributed by atoms with Gasteiger partial charge in [0.25, 0.3) is 0 Å². The van der Waals surface area contributed by atoms with Crippen LogP contribution in [0.4, 0.5) is 5.13 Å². The molecule has 3 N–H and O–H groups in total. The fraction of sp³-hybridized carbons (Fsp3) is 0.361. The topological polar surface area (TPSA) is 131 Å². The predicted molar refractivity (Wildman–Crippen MR) is 185 cm³/mol. The number of fused-ring (bicyclic) bond motifs is 2. The van der Waals surface area contributed by atoms with E-state index in [0.717, 1.165) is 53.2 Å². The third-order valence-corrected chi connectivity index (χ3v) is 10.7. The van der Waals surface area contributed by atoms with Crippen molar-refractivity contribution in [2.24, 2.45) is 0 Å². The van der Waals surface area contributed by atoms with Gasteiger partial charge in [0.05, 0.1) is 16.9 Å². The van der Waals surface area contributed by atoms with E-state index in [1.54, 1.807) is 12.1 Å². The second kappa shape index (κ2) is 13.5. The molecule has 0 radical (unpaired) electrons. The van der Waals surface area contributed by atoms with Gasteiger partial charge < -0.3 is 39.6 Å². The van der Waals surface area contributed by atoms with Crippen molar-refractivity contribution in [1.29, 1.82) is 0 Å².